The highest BCUT2D eigenvalue weighted by atomic mass is 16.5. The van der Waals surface area contributed by atoms with Crippen LogP contribution in [0.15, 0.2) is 54.6 Å². The summed E-state index contributed by atoms with van der Waals surface area (Å²) in [6.07, 6.45) is 0. The van der Waals surface area contributed by atoms with Crippen LogP contribution in [0.1, 0.15) is 31.8 Å². The first-order valence-corrected chi connectivity index (χ1v) is 8.64. The Bertz CT molecular complexity index is 1020. The zero-order valence-corrected chi connectivity index (χ0v) is 15.8. The van der Waals surface area contributed by atoms with Crippen LogP contribution in [0.4, 0.5) is 17.3 Å². The molecule has 1 amide bonds. The lowest BCUT2D eigenvalue weighted by atomic mass is 10.1. The monoisotopic (exact) mass is 376 g/mol. The number of rotatable bonds is 5. The molecule has 0 aliphatic heterocycles. The van der Waals surface area contributed by atoms with Crippen molar-refractivity contribution in [2.45, 2.75) is 13.8 Å². The third-order valence-electron chi connectivity index (χ3n) is 4.27. The molecule has 0 fully saturated rings. The number of benzene rings is 2. The van der Waals surface area contributed by atoms with E-state index in [1.54, 1.807) is 42.5 Å². The lowest BCUT2D eigenvalue weighted by Gasteiger charge is -2.10. The number of hydrogen-bond donors (Lipinski definition) is 2. The summed E-state index contributed by atoms with van der Waals surface area (Å²) in [5.74, 6) is 0.0537. The van der Waals surface area contributed by atoms with Crippen LogP contribution < -0.4 is 10.6 Å². The second kappa shape index (κ2) is 8.30. The first-order valence-electron chi connectivity index (χ1n) is 8.64. The molecule has 0 unspecified atom stereocenters. The van der Waals surface area contributed by atoms with Gasteiger partial charge in [-0.2, -0.15) is 0 Å². The van der Waals surface area contributed by atoms with Gasteiger partial charge in [0, 0.05) is 5.56 Å². The molecule has 28 heavy (non-hydrogen) atoms. The van der Waals surface area contributed by atoms with Crippen LogP contribution in [0.25, 0.3) is 0 Å². The maximum Gasteiger partial charge on any atom is 0.339 e. The SMILES string of the molecule is COC(=O)c1ccccc1Nc1ccc(NC(=O)c2ccc(C)c(C)c2)nn1. The van der Waals surface area contributed by atoms with E-state index in [0.29, 0.717) is 28.5 Å². The van der Waals surface area contributed by atoms with Crippen LogP contribution in [0.2, 0.25) is 0 Å². The van der Waals surface area contributed by atoms with E-state index < -0.39 is 5.97 Å². The van der Waals surface area contributed by atoms with Gasteiger partial charge in [-0.1, -0.05) is 18.2 Å². The highest BCUT2D eigenvalue weighted by molar-refractivity contribution is 6.04. The van der Waals surface area contributed by atoms with Gasteiger partial charge in [0.2, 0.25) is 0 Å². The average Bonchev–Trinajstić information content (AvgIpc) is 2.71. The molecule has 0 aliphatic rings. The van der Waals surface area contributed by atoms with Gasteiger partial charge in [0.1, 0.15) is 0 Å². The molecule has 0 atom stereocenters. The number of para-hydroxylation sites is 1. The van der Waals surface area contributed by atoms with Crippen LogP contribution in [0, 0.1) is 13.8 Å². The van der Waals surface area contributed by atoms with Gasteiger partial charge in [0.05, 0.1) is 18.4 Å². The van der Waals surface area contributed by atoms with Gasteiger partial charge in [0.15, 0.2) is 11.6 Å². The molecule has 7 nitrogen and oxygen atoms in total. The van der Waals surface area contributed by atoms with Gasteiger partial charge in [-0.3, -0.25) is 4.79 Å². The van der Waals surface area contributed by atoms with Crippen molar-refractivity contribution in [3.05, 3.63) is 76.9 Å². The third-order valence-corrected chi connectivity index (χ3v) is 4.27. The molecular formula is C21H20N4O3. The summed E-state index contributed by atoms with van der Waals surface area (Å²) >= 11 is 0. The number of carbonyl (C=O) groups is 2. The van der Waals surface area contributed by atoms with Crippen molar-refractivity contribution in [2.24, 2.45) is 0 Å². The van der Waals surface area contributed by atoms with E-state index in [2.05, 4.69) is 20.8 Å². The fourth-order valence-corrected chi connectivity index (χ4v) is 2.55. The number of hydrogen-bond acceptors (Lipinski definition) is 6. The molecule has 1 heterocycles. The van der Waals surface area contributed by atoms with Crippen LogP contribution in [0.3, 0.4) is 0 Å². The van der Waals surface area contributed by atoms with Gasteiger partial charge in [0.25, 0.3) is 5.91 Å². The molecule has 1 aromatic heterocycles. The molecule has 0 radical (unpaired) electrons. The zero-order chi connectivity index (χ0) is 20.1. The minimum Gasteiger partial charge on any atom is -0.465 e. The number of ether oxygens (including phenoxy) is 1. The minimum atomic E-state index is -0.451. The number of aryl methyl sites for hydroxylation is 2. The zero-order valence-electron chi connectivity index (χ0n) is 15.8. The van der Waals surface area contributed by atoms with Crippen molar-refractivity contribution in [1.29, 1.82) is 0 Å². The third kappa shape index (κ3) is 4.32. The molecule has 0 bridgehead atoms. The number of carbonyl (C=O) groups excluding carboxylic acids is 2. The first-order chi connectivity index (χ1) is 13.5. The lowest BCUT2D eigenvalue weighted by molar-refractivity contribution is 0.0601. The van der Waals surface area contributed by atoms with Crippen molar-refractivity contribution < 1.29 is 14.3 Å². The highest BCUT2D eigenvalue weighted by Crippen LogP contribution is 2.20. The van der Waals surface area contributed by atoms with Crippen molar-refractivity contribution in [2.75, 3.05) is 17.7 Å². The summed E-state index contributed by atoms with van der Waals surface area (Å²) in [5.41, 5.74) is 3.66. The molecule has 0 saturated carbocycles. The van der Waals surface area contributed by atoms with Crippen LogP contribution >= 0.6 is 0 Å². The minimum absolute atomic E-state index is 0.255. The van der Waals surface area contributed by atoms with E-state index in [1.807, 2.05) is 26.0 Å². The van der Waals surface area contributed by atoms with E-state index >= 15 is 0 Å². The molecule has 0 saturated heterocycles. The van der Waals surface area contributed by atoms with Crippen LogP contribution in [0.5, 0.6) is 0 Å². The Morgan fingerprint density at radius 1 is 0.893 bits per heavy atom. The Labute approximate surface area is 162 Å². The molecule has 3 aromatic rings. The number of nitrogens with one attached hydrogen (secondary N) is 2. The van der Waals surface area contributed by atoms with Crippen molar-refractivity contribution in [3.8, 4) is 0 Å². The predicted molar refractivity (Wildman–Crippen MR) is 107 cm³/mol. The molecule has 7 heteroatoms. The van der Waals surface area contributed by atoms with Crippen molar-refractivity contribution in [3.63, 3.8) is 0 Å². The topological polar surface area (TPSA) is 93.2 Å². The Balaban J connectivity index is 1.71. The standard InChI is InChI=1S/C21H20N4O3/c1-13-8-9-15(12-14(13)2)20(26)23-19-11-10-18(24-25-19)22-17-7-5-4-6-16(17)21(27)28-3/h4-12H,1-3H3,(H,22,24)(H,23,25,26). The summed E-state index contributed by atoms with van der Waals surface area (Å²) in [6.45, 7) is 3.95. The van der Waals surface area contributed by atoms with Crippen molar-refractivity contribution in [1.82, 2.24) is 10.2 Å². The lowest BCUT2D eigenvalue weighted by Crippen LogP contribution is -2.14. The molecule has 3 rings (SSSR count). The van der Waals surface area contributed by atoms with E-state index in [-0.39, 0.29) is 5.91 Å². The number of aromatic nitrogens is 2. The second-order valence-corrected chi connectivity index (χ2v) is 6.22. The van der Waals surface area contributed by atoms with Gasteiger partial charge < -0.3 is 15.4 Å². The Morgan fingerprint density at radius 2 is 1.61 bits per heavy atom. The van der Waals surface area contributed by atoms with E-state index in [4.69, 9.17) is 4.74 Å². The second-order valence-electron chi connectivity index (χ2n) is 6.22. The average molecular weight is 376 g/mol. The maximum absolute atomic E-state index is 12.4. The number of esters is 1. The van der Waals surface area contributed by atoms with Crippen LogP contribution in [-0.2, 0) is 4.74 Å². The van der Waals surface area contributed by atoms with Gasteiger partial charge in [-0.15, -0.1) is 10.2 Å². The smallest absolute Gasteiger partial charge is 0.339 e. The van der Waals surface area contributed by atoms with Crippen LogP contribution in [-0.4, -0.2) is 29.2 Å². The Morgan fingerprint density at radius 3 is 2.29 bits per heavy atom. The normalized spacial score (nSPS) is 10.2. The molecule has 0 spiro atoms. The summed E-state index contributed by atoms with van der Waals surface area (Å²) < 4.78 is 4.77. The van der Waals surface area contributed by atoms with Crippen molar-refractivity contribution >= 4 is 29.2 Å². The molecule has 142 valence electrons. The molecule has 2 aromatic carbocycles. The maximum atomic E-state index is 12.4. The summed E-state index contributed by atoms with van der Waals surface area (Å²) in [5, 5.41) is 13.8. The van der Waals surface area contributed by atoms with E-state index in [0.717, 1.165) is 11.1 Å². The fourth-order valence-electron chi connectivity index (χ4n) is 2.55. The quantitative estimate of drug-likeness (QED) is 0.657. The van der Waals surface area contributed by atoms with E-state index in [9.17, 15) is 9.59 Å². The summed E-state index contributed by atoms with van der Waals surface area (Å²) in [4.78, 5) is 24.2. The number of methoxy groups -OCH3 is 1. The first kappa shape index (κ1) is 19.0. The molecular weight excluding hydrogens is 356 g/mol. The summed E-state index contributed by atoms with van der Waals surface area (Å²) in [7, 11) is 1.33. The summed E-state index contributed by atoms with van der Waals surface area (Å²) in [6, 6.07) is 15.7. The molecule has 0 aliphatic carbocycles. The number of amides is 1. The fraction of sp³-hybridized carbons (Fsp3) is 0.143. The van der Waals surface area contributed by atoms with E-state index in [1.165, 1.54) is 7.11 Å². The number of nitrogens with zero attached hydrogens (tertiary/aromatic N) is 2. The van der Waals surface area contributed by atoms with Gasteiger partial charge in [-0.25, -0.2) is 4.79 Å². The molecule has 2 N–H and O–H groups in total. The Hall–Kier alpha value is -3.74. The van der Waals surface area contributed by atoms with Gasteiger partial charge in [-0.05, 0) is 61.4 Å². The Kier molecular flexibility index (Phi) is 5.64. The largest absolute Gasteiger partial charge is 0.465 e. The predicted octanol–water partition coefficient (Wildman–Crippen LogP) is 3.88. The highest BCUT2D eigenvalue weighted by Gasteiger charge is 2.12. The number of anilines is 3. The van der Waals surface area contributed by atoms with Gasteiger partial charge >= 0.3 is 5.97 Å².